The van der Waals surface area contributed by atoms with Gasteiger partial charge in [-0.1, -0.05) is 53.4 Å². The van der Waals surface area contributed by atoms with E-state index < -0.39 is 23.9 Å². The molecule has 0 aliphatic heterocycles. The molecule has 0 atom stereocenters. The van der Waals surface area contributed by atoms with Crippen LogP contribution in [-0.4, -0.2) is 93.4 Å². The van der Waals surface area contributed by atoms with E-state index in [9.17, 15) is 0 Å². The molecular weight excluding hydrogens is 468 g/mol. The average Bonchev–Trinajstić information content (AvgIpc) is 2.72. The zero-order chi connectivity index (χ0) is 29.4. The van der Waals surface area contributed by atoms with E-state index >= 15 is 0 Å². The van der Waals surface area contributed by atoms with Crippen molar-refractivity contribution in [2.75, 3.05) is 39.3 Å². The quantitative estimate of drug-likeness (QED) is 0.226. The van der Waals surface area contributed by atoms with E-state index in [0.717, 1.165) is 27.7 Å². The minimum absolute atomic E-state index is 0.833. The maximum absolute atomic E-state index is 9.00. The summed E-state index contributed by atoms with van der Waals surface area (Å²) in [5, 5.41) is 29.7. The number of nitrogens with zero attached hydrogens (tertiary/aromatic N) is 2. The zero-order valence-electron chi connectivity index (χ0n) is 24.2. The van der Waals surface area contributed by atoms with Crippen molar-refractivity contribution in [1.82, 2.24) is 9.80 Å². The van der Waals surface area contributed by atoms with Crippen LogP contribution in [0.5, 0.6) is 0 Å². The van der Waals surface area contributed by atoms with Crippen LogP contribution in [0.15, 0.2) is 0 Å². The molecule has 0 aliphatic rings. The van der Waals surface area contributed by atoms with Crippen molar-refractivity contribution in [3.63, 3.8) is 0 Å². The number of unbranched alkanes of at least 4 members (excludes halogenated alkanes) is 4. The van der Waals surface area contributed by atoms with E-state index in [1.165, 1.54) is 90.6 Å². The lowest BCUT2D eigenvalue weighted by molar-refractivity contribution is -0.135. The number of aliphatic carboxylic acids is 4. The summed E-state index contributed by atoms with van der Waals surface area (Å²) in [5.74, 6) is -3.33. The van der Waals surface area contributed by atoms with Gasteiger partial charge in [0.1, 0.15) is 0 Å². The normalized spacial score (nSPS) is 9.28. The summed E-state index contributed by atoms with van der Waals surface area (Å²) in [6.45, 7) is 21.3. The predicted molar refractivity (Wildman–Crippen MR) is 146 cm³/mol. The average molecular weight is 525 g/mol. The highest BCUT2D eigenvalue weighted by molar-refractivity contribution is 5.63. The van der Waals surface area contributed by atoms with E-state index in [2.05, 4.69) is 37.5 Å². The fraction of sp³-hybridized carbons (Fsp3) is 0.846. The first kappa shape index (κ1) is 43.8. The van der Waals surface area contributed by atoms with Crippen molar-refractivity contribution in [3.05, 3.63) is 0 Å². The summed E-state index contributed by atoms with van der Waals surface area (Å²) < 4.78 is 0. The first-order valence-corrected chi connectivity index (χ1v) is 12.9. The fourth-order valence-corrected chi connectivity index (χ4v) is 2.48. The van der Waals surface area contributed by atoms with Crippen LogP contribution < -0.4 is 0 Å². The molecule has 0 saturated carbocycles. The lowest BCUT2D eigenvalue weighted by Gasteiger charge is -2.27. The third-order valence-corrected chi connectivity index (χ3v) is 4.04. The summed E-state index contributed by atoms with van der Waals surface area (Å²) >= 11 is 0. The number of rotatable bonds is 15. The van der Waals surface area contributed by atoms with Crippen molar-refractivity contribution in [3.8, 4) is 0 Å². The summed E-state index contributed by atoms with van der Waals surface area (Å²) in [6, 6.07) is 0. The van der Waals surface area contributed by atoms with Gasteiger partial charge >= 0.3 is 0 Å². The Hall–Kier alpha value is -2.20. The van der Waals surface area contributed by atoms with Crippen molar-refractivity contribution >= 4 is 23.9 Å². The number of hydrogen-bond donors (Lipinski definition) is 4. The maximum Gasteiger partial charge on any atom is 0.300 e. The van der Waals surface area contributed by atoms with Crippen LogP contribution in [0.1, 0.15) is 107 Å². The van der Waals surface area contributed by atoms with Crippen molar-refractivity contribution in [1.29, 1.82) is 0 Å². The minimum Gasteiger partial charge on any atom is -0.481 e. The maximum atomic E-state index is 9.00. The van der Waals surface area contributed by atoms with Crippen molar-refractivity contribution < 1.29 is 39.6 Å². The number of carbonyl (C=O) groups is 4. The van der Waals surface area contributed by atoms with Crippen LogP contribution in [0.3, 0.4) is 0 Å². The number of carboxylic acid groups (broad SMARTS) is 4. The van der Waals surface area contributed by atoms with Crippen LogP contribution in [-0.2, 0) is 19.2 Å². The smallest absolute Gasteiger partial charge is 0.300 e. The third-order valence-electron chi connectivity index (χ3n) is 4.04. The van der Waals surface area contributed by atoms with Gasteiger partial charge in [-0.3, -0.25) is 19.2 Å². The van der Waals surface area contributed by atoms with Crippen molar-refractivity contribution in [2.24, 2.45) is 0 Å². The molecule has 0 radical (unpaired) electrons. The molecule has 10 nitrogen and oxygen atoms in total. The highest BCUT2D eigenvalue weighted by Gasteiger charge is 2.08. The largest absolute Gasteiger partial charge is 0.481 e. The molecule has 0 aromatic rings. The molecule has 36 heavy (non-hydrogen) atoms. The van der Waals surface area contributed by atoms with Crippen molar-refractivity contribution in [2.45, 2.75) is 107 Å². The lowest BCUT2D eigenvalue weighted by atomic mass is 10.2. The predicted octanol–water partition coefficient (Wildman–Crippen LogP) is 5.15. The Balaban J connectivity index is -0.000000161. The fourth-order valence-electron chi connectivity index (χ4n) is 2.48. The third kappa shape index (κ3) is 85.4. The van der Waals surface area contributed by atoms with Gasteiger partial charge in [-0.05, 0) is 51.9 Å². The van der Waals surface area contributed by atoms with E-state index in [4.69, 9.17) is 39.6 Å². The van der Waals surface area contributed by atoms with Crippen LogP contribution in [0.25, 0.3) is 0 Å². The second-order valence-corrected chi connectivity index (χ2v) is 8.17. The molecule has 0 aliphatic carbocycles. The van der Waals surface area contributed by atoms with Gasteiger partial charge < -0.3 is 30.2 Å². The van der Waals surface area contributed by atoms with Crippen LogP contribution in [0.2, 0.25) is 0 Å². The van der Waals surface area contributed by atoms with E-state index in [1.807, 2.05) is 0 Å². The first-order valence-electron chi connectivity index (χ1n) is 12.9. The minimum atomic E-state index is -0.833. The monoisotopic (exact) mass is 524 g/mol. The van der Waals surface area contributed by atoms with Crippen LogP contribution >= 0.6 is 0 Å². The standard InChI is InChI=1S/C18H40N2.4C2H4O2/c1-5-9-13-19(14-10-6-2)17-18-20(15-11-7-3)16-12-8-4;4*1-2(3)4/h5-18H2,1-4H3;4*1H3,(H,3,4). The number of carboxylic acids is 4. The van der Waals surface area contributed by atoms with Crippen LogP contribution in [0.4, 0.5) is 0 Å². The molecule has 0 unspecified atom stereocenters. The summed E-state index contributed by atoms with van der Waals surface area (Å²) in [6.07, 6.45) is 10.7. The topological polar surface area (TPSA) is 156 Å². The Labute approximate surface area is 219 Å². The number of hydrogen-bond acceptors (Lipinski definition) is 6. The van der Waals surface area contributed by atoms with Gasteiger partial charge in [0.2, 0.25) is 0 Å². The molecule has 0 aromatic carbocycles. The highest BCUT2D eigenvalue weighted by atomic mass is 16.4. The molecule has 218 valence electrons. The van der Waals surface area contributed by atoms with E-state index in [-0.39, 0.29) is 0 Å². The van der Waals surface area contributed by atoms with Crippen LogP contribution in [0, 0.1) is 0 Å². The Morgan fingerprint density at radius 2 is 0.556 bits per heavy atom. The molecule has 0 heterocycles. The van der Waals surface area contributed by atoms with Gasteiger partial charge in [0.25, 0.3) is 23.9 Å². The molecule has 0 bridgehead atoms. The summed E-state index contributed by atoms with van der Waals surface area (Å²) in [5.41, 5.74) is 0. The Morgan fingerprint density at radius 1 is 0.417 bits per heavy atom. The van der Waals surface area contributed by atoms with Gasteiger partial charge in [0.15, 0.2) is 0 Å². The summed E-state index contributed by atoms with van der Waals surface area (Å²) in [4.78, 5) is 41.4. The first-order chi connectivity index (χ1) is 16.7. The Morgan fingerprint density at radius 3 is 0.667 bits per heavy atom. The zero-order valence-corrected chi connectivity index (χ0v) is 24.2. The van der Waals surface area contributed by atoms with E-state index in [0.29, 0.717) is 0 Å². The van der Waals surface area contributed by atoms with Gasteiger partial charge in [-0.15, -0.1) is 0 Å². The molecule has 0 saturated heterocycles. The SMILES string of the molecule is CC(=O)O.CC(=O)O.CC(=O)O.CC(=O)O.CCCCN(CCCC)CCN(CCCC)CCCC. The Bertz CT molecular complexity index is 402. The van der Waals surface area contributed by atoms with Gasteiger partial charge in [-0.25, -0.2) is 0 Å². The second kappa shape index (κ2) is 37.4. The molecule has 0 spiro atoms. The van der Waals surface area contributed by atoms with Gasteiger partial charge in [-0.2, -0.15) is 0 Å². The lowest BCUT2D eigenvalue weighted by Crippen LogP contribution is -2.37. The van der Waals surface area contributed by atoms with Gasteiger partial charge in [0, 0.05) is 40.8 Å². The Kier molecular flexibility index (Phi) is 45.5. The molecular formula is C26H56N2O8. The second-order valence-electron chi connectivity index (χ2n) is 8.17. The highest BCUT2D eigenvalue weighted by Crippen LogP contribution is 2.03. The molecule has 10 heteroatoms. The molecule has 0 rings (SSSR count). The molecule has 0 fully saturated rings. The summed E-state index contributed by atoms with van der Waals surface area (Å²) in [7, 11) is 0. The van der Waals surface area contributed by atoms with Gasteiger partial charge in [0.05, 0.1) is 0 Å². The molecule has 4 N–H and O–H groups in total. The molecule has 0 aromatic heterocycles. The van der Waals surface area contributed by atoms with E-state index in [1.54, 1.807) is 0 Å². The molecule has 0 amide bonds.